The summed E-state index contributed by atoms with van der Waals surface area (Å²) in [5.74, 6) is -1.06. The lowest BCUT2D eigenvalue weighted by atomic mass is 9.92. The van der Waals surface area contributed by atoms with E-state index in [1.807, 2.05) is 20.8 Å². The van der Waals surface area contributed by atoms with E-state index in [-0.39, 0.29) is 17.0 Å². The standard InChI is InChI=1S/C16H19N3O4/c1-16(2,3)13-8-12(18-19-13)15(22)17-10-5-4-6-11(7-10)23-9-14(20)21/h4-8H,9H2,1-3H3,(H,17,22)(H,18,19)(H,20,21). The molecule has 0 aliphatic carbocycles. The van der Waals surface area contributed by atoms with Gasteiger partial charge >= 0.3 is 5.97 Å². The largest absolute Gasteiger partial charge is 0.482 e. The second-order valence-electron chi connectivity index (χ2n) is 6.08. The predicted molar refractivity (Wildman–Crippen MR) is 84.8 cm³/mol. The Morgan fingerprint density at radius 3 is 2.65 bits per heavy atom. The quantitative estimate of drug-likeness (QED) is 0.785. The molecule has 0 unspecified atom stereocenters. The van der Waals surface area contributed by atoms with Crippen LogP contribution in [0, 0.1) is 0 Å². The van der Waals surface area contributed by atoms with Crippen LogP contribution in [0.15, 0.2) is 30.3 Å². The van der Waals surface area contributed by atoms with Gasteiger partial charge in [-0.2, -0.15) is 5.10 Å². The maximum Gasteiger partial charge on any atom is 0.341 e. The lowest BCUT2D eigenvalue weighted by molar-refractivity contribution is -0.139. The third kappa shape index (κ3) is 4.57. The van der Waals surface area contributed by atoms with Gasteiger partial charge in [0.05, 0.1) is 0 Å². The van der Waals surface area contributed by atoms with E-state index in [2.05, 4.69) is 15.5 Å². The predicted octanol–water partition coefficient (Wildman–Crippen LogP) is 2.42. The number of rotatable bonds is 5. The van der Waals surface area contributed by atoms with Crippen LogP contribution < -0.4 is 10.1 Å². The molecule has 0 aliphatic heterocycles. The Bertz CT molecular complexity index is 716. The number of aromatic nitrogens is 2. The highest BCUT2D eigenvalue weighted by molar-refractivity contribution is 6.03. The van der Waals surface area contributed by atoms with E-state index in [0.29, 0.717) is 11.4 Å². The number of ether oxygens (including phenoxy) is 1. The highest BCUT2D eigenvalue weighted by atomic mass is 16.5. The molecule has 2 aromatic rings. The summed E-state index contributed by atoms with van der Waals surface area (Å²) in [4.78, 5) is 22.7. The first-order chi connectivity index (χ1) is 10.8. The van der Waals surface area contributed by atoms with Crippen molar-refractivity contribution in [3.63, 3.8) is 0 Å². The zero-order chi connectivity index (χ0) is 17.0. The van der Waals surface area contributed by atoms with Gasteiger partial charge in [0.25, 0.3) is 5.91 Å². The Hall–Kier alpha value is -2.83. The fraction of sp³-hybridized carbons (Fsp3) is 0.312. The summed E-state index contributed by atoms with van der Waals surface area (Å²) in [6.07, 6.45) is 0. The van der Waals surface area contributed by atoms with E-state index < -0.39 is 12.6 Å². The molecule has 2 rings (SSSR count). The average Bonchev–Trinajstić information content (AvgIpc) is 2.95. The number of carboxylic acids is 1. The number of benzene rings is 1. The maximum absolute atomic E-state index is 12.2. The summed E-state index contributed by atoms with van der Waals surface area (Å²) in [6, 6.07) is 8.23. The normalized spacial score (nSPS) is 11.1. The van der Waals surface area contributed by atoms with Crippen LogP contribution in [0.5, 0.6) is 5.75 Å². The number of hydrogen-bond acceptors (Lipinski definition) is 4. The van der Waals surface area contributed by atoms with Crippen LogP contribution in [-0.4, -0.2) is 33.8 Å². The molecule has 0 radical (unpaired) electrons. The Balaban J connectivity index is 2.06. The minimum Gasteiger partial charge on any atom is -0.482 e. The maximum atomic E-state index is 12.2. The van der Waals surface area contributed by atoms with Crippen LogP contribution >= 0.6 is 0 Å². The van der Waals surface area contributed by atoms with Crippen LogP contribution in [0.2, 0.25) is 0 Å². The molecule has 0 bridgehead atoms. The molecule has 1 aromatic heterocycles. The number of nitrogens with one attached hydrogen (secondary N) is 2. The number of carboxylic acid groups (broad SMARTS) is 1. The van der Waals surface area contributed by atoms with E-state index in [1.165, 1.54) is 0 Å². The molecule has 122 valence electrons. The Morgan fingerprint density at radius 2 is 2.04 bits per heavy atom. The first kappa shape index (κ1) is 16.5. The van der Waals surface area contributed by atoms with Gasteiger partial charge < -0.3 is 15.2 Å². The zero-order valence-electron chi connectivity index (χ0n) is 13.2. The highest BCUT2D eigenvalue weighted by Gasteiger charge is 2.19. The number of nitrogens with zero attached hydrogens (tertiary/aromatic N) is 1. The lowest BCUT2D eigenvalue weighted by Crippen LogP contribution is -2.13. The molecule has 1 aromatic carbocycles. The topological polar surface area (TPSA) is 104 Å². The number of aliphatic carboxylic acids is 1. The second kappa shape index (κ2) is 6.51. The van der Waals surface area contributed by atoms with Crippen molar-refractivity contribution < 1.29 is 19.4 Å². The van der Waals surface area contributed by atoms with Crippen LogP contribution in [-0.2, 0) is 10.2 Å². The molecule has 1 amide bonds. The molecule has 0 aliphatic rings. The minimum absolute atomic E-state index is 0.129. The Morgan fingerprint density at radius 1 is 1.30 bits per heavy atom. The SMILES string of the molecule is CC(C)(C)c1cc(C(=O)Nc2cccc(OCC(=O)O)c2)n[nH]1. The van der Waals surface area contributed by atoms with Crippen LogP contribution in [0.25, 0.3) is 0 Å². The number of hydrogen-bond donors (Lipinski definition) is 3. The van der Waals surface area contributed by atoms with Gasteiger partial charge in [-0.25, -0.2) is 4.79 Å². The summed E-state index contributed by atoms with van der Waals surface area (Å²) in [5.41, 5.74) is 1.52. The number of aromatic amines is 1. The van der Waals surface area contributed by atoms with Crippen LogP contribution in [0.4, 0.5) is 5.69 Å². The van der Waals surface area contributed by atoms with Crippen molar-refractivity contribution >= 4 is 17.6 Å². The molecule has 1 heterocycles. The summed E-state index contributed by atoms with van der Waals surface area (Å²) in [7, 11) is 0. The van der Waals surface area contributed by atoms with Crippen LogP contribution in [0.1, 0.15) is 37.0 Å². The van der Waals surface area contributed by atoms with Crippen LogP contribution in [0.3, 0.4) is 0 Å². The van der Waals surface area contributed by atoms with Gasteiger partial charge in [0.2, 0.25) is 0 Å². The smallest absolute Gasteiger partial charge is 0.341 e. The van der Waals surface area contributed by atoms with Gasteiger partial charge in [-0.05, 0) is 18.2 Å². The fourth-order valence-electron chi connectivity index (χ4n) is 1.83. The fourth-order valence-corrected chi connectivity index (χ4v) is 1.83. The summed E-state index contributed by atoms with van der Waals surface area (Å²) in [5, 5.41) is 18.2. The van der Waals surface area contributed by atoms with Gasteiger partial charge in [-0.3, -0.25) is 9.89 Å². The highest BCUT2D eigenvalue weighted by Crippen LogP contribution is 2.21. The molecule has 0 spiro atoms. The van der Waals surface area contributed by atoms with E-state index >= 15 is 0 Å². The Labute approximate surface area is 133 Å². The number of amides is 1. The number of carbonyl (C=O) groups is 2. The zero-order valence-corrected chi connectivity index (χ0v) is 13.2. The van der Waals surface area contributed by atoms with Gasteiger partial charge in [0.15, 0.2) is 12.3 Å². The van der Waals surface area contributed by atoms with Gasteiger partial charge in [0.1, 0.15) is 5.75 Å². The average molecular weight is 317 g/mol. The van der Waals surface area contributed by atoms with Crippen molar-refractivity contribution in [3.8, 4) is 5.75 Å². The van der Waals surface area contributed by atoms with E-state index in [4.69, 9.17) is 9.84 Å². The van der Waals surface area contributed by atoms with Crippen molar-refractivity contribution in [2.45, 2.75) is 26.2 Å². The number of anilines is 1. The minimum atomic E-state index is -1.06. The second-order valence-corrected chi connectivity index (χ2v) is 6.08. The van der Waals surface area contributed by atoms with Crippen molar-refractivity contribution in [1.82, 2.24) is 10.2 Å². The molecule has 7 nitrogen and oxygen atoms in total. The van der Waals surface area contributed by atoms with Crippen molar-refractivity contribution in [2.24, 2.45) is 0 Å². The summed E-state index contributed by atoms with van der Waals surface area (Å²) < 4.78 is 5.07. The van der Waals surface area contributed by atoms with Crippen molar-refractivity contribution in [3.05, 3.63) is 41.7 Å². The van der Waals surface area contributed by atoms with E-state index in [1.54, 1.807) is 30.3 Å². The van der Waals surface area contributed by atoms with Gasteiger partial charge in [-0.15, -0.1) is 0 Å². The Kier molecular flexibility index (Phi) is 4.68. The lowest BCUT2D eigenvalue weighted by Gasteiger charge is -2.14. The molecule has 0 atom stereocenters. The first-order valence-electron chi connectivity index (χ1n) is 7.07. The molecular formula is C16H19N3O4. The summed E-state index contributed by atoms with van der Waals surface area (Å²) >= 11 is 0. The van der Waals surface area contributed by atoms with Crippen molar-refractivity contribution in [2.75, 3.05) is 11.9 Å². The molecule has 23 heavy (non-hydrogen) atoms. The molecule has 7 heteroatoms. The van der Waals surface area contributed by atoms with E-state index in [0.717, 1.165) is 5.69 Å². The summed E-state index contributed by atoms with van der Waals surface area (Å²) in [6.45, 7) is 5.62. The molecular weight excluding hydrogens is 298 g/mol. The first-order valence-corrected chi connectivity index (χ1v) is 7.07. The molecule has 0 saturated heterocycles. The van der Waals surface area contributed by atoms with E-state index in [9.17, 15) is 9.59 Å². The van der Waals surface area contributed by atoms with Crippen molar-refractivity contribution in [1.29, 1.82) is 0 Å². The molecule has 3 N–H and O–H groups in total. The van der Waals surface area contributed by atoms with Gasteiger partial charge in [-0.1, -0.05) is 26.8 Å². The third-order valence-corrected chi connectivity index (χ3v) is 3.07. The number of carbonyl (C=O) groups excluding carboxylic acids is 1. The number of H-pyrrole nitrogens is 1. The molecule has 0 fully saturated rings. The van der Waals surface area contributed by atoms with Gasteiger partial charge in [0, 0.05) is 22.9 Å². The monoisotopic (exact) mass is 317 g/mol. The molecule has 0 saturated carbocycles. The third-order valence-electron chi connectivity index (χ3n) is 3.07.